The van der Waals surface area contributed by atoms with Crippen LogP contribution < -0.4 is 0 Å². The molecule has 0 amide bonds. The van der Waals surface area contributed by atoms with Gasteiger partial charge in [0.1, 0.15) is 24.2 Å². The molecular weight excluding hydrogens is 376 g/mol. The molecule has 8 atom stereocenters. The molecule has 0 saturated carbocycles. The molecule has 162 valence electrons. The first-order valence-corrected chi connectivity index (χ1v) is 10.1. The second-order valence-electron chi connectivity index (χ2n) is 8.82. The smallest absolute Gasteiger partial charge is 0.311 e. The van der Waals surface area contributed by atoms with Gasteiger partial charge in [-0.1, -0.05) is 44.2 Å². The highest BCUT2D eigenvalue weighted by Crippen LogP contribution is 2.45. The number of rotatable bonds is 3. The van der Waals surface area contributed by atoms with E-state index < -0.39 is 42.1 Å². The van der Waals surface area contributed by atoms with Crippen LogP contribution >= 0.6 is 0 Å². The average molecular weight is 408 g/mol. The molecule has 3 rings (SSSR count). The summed E-state index contributed by atoms with van der Waals surface area (Å²) >= 11 is 0. The first-order valence-electron chi connectivity index (χ1n) is 10.1. The standard InChI is InChI=1S/C22H32O7/c1-12(2)14(4)16-6-7-21(25,11-23)9-18-20(28-18)17-8-13(3)15(5)22(26,29-17)10-19(24)27-16/h6-7,14-18,20,23,25-26H,1,3,8-11H2,2,4-5H3/b7-6+/t14-,15-,16+,17+,18+,20+,21-,22+/m1/s1. The molecule has 3 aliphatic rings. The number of aliphatic hydroxyl groups is 3. The van der Waals surface area contributed by atoms with Crippen molar-refractivity contribution in [2.24, 2.45) is 11.8 Å². The van der Waals surface area contributed by atoms with Crippen molar-refractivity contribution >= 4 is 5.97 Å². The van der Waals surface area contributed by atoms with Gasteiger partial charge < -0.3 is 29.5 Å². The molecular formula is C22H32O7. The van der Waals surface area contributed by atoms with E-state index in [0.717, 1.165) is 11.1 Å². The van der Waals surface area contributed by atoms with Crippen LogP contribution in [-0.2, 0) is 19.0 Å². The van der Waals surface area contributed by atoms with Crippen LogP contribution in [0.15, 0.2) is 36.5 Å². The fourth-order valence-electron chi connectivity index (χ4n) is 3.98. The van der Waals surface area contributed by atoms with E-state index in [4.69, 9.17) is 14.2 Å². The zero-order valence-electron chi connectivity index (χ0n) is 17.3. The second kappa shape index (κ2) is 7.96. The predicted octanol–water partition coefficient (Wildman–Crippen LogP) is 1.62. The molecule has 0 radical (unpaired) electrons. The minimum absolute atomic E-state index is 0.160. The molecule has 3 heterocycles. The van der Waals surface area contributed by atoms with Gasteiger partial charge in [0.15, 0.2) is 5.79 Å². The minimum atomic E-state index is -1.74. The summed E-state index contributed by atoms with van der Waals surface area (Å²) in [5.41, 5.74) is 0.0368. The van der Waals surface area contributed by atoms with E-state index in [1.807, 2.05) is 13.8 Å². The summed E-state index contributed by atoms with van der Waals surface area (Å²) in [4.78, 5) is 12.7. The van der Waals surface area contributed by atoms with Gasteiger partial charge in [-0.25, -0.2) is 0 Å². The zero-order valence-corrected chi connectivity index (χ0v) is 17.3. The van der Waals surface area contributed by atoms with Crippen molar-refractivity contribution in [2.75, 3.05) is 6.61 Å². The molecule has 2 saturated heterocycles. The first-order chi connectivity index (χ1) is 13.5. The van der Waals surface area contributed by atoms with Crippen LogP contribution in [0.25, 0.3) is 0 Å². The summed E-state index contributed by atoms with van der Waals surface area (Å²) in [7, 11) is 0. The Morgan fingerprint density at radius 1 is 1.38 bits per heavy atom. The normalized spacial score (nSPS) is 45.0. The van der Waals surface area contributed by atoms with E-state index in [-0.39, 0.29) is 31.0 Å². The summed E-state index contributed by atoms with van der Waals surface area (Å²) in [6, 6.07) is 0. The number of hydrogen-bond donors (Lipinski definition) is 3. The summed E-state index contributed by atoms with van der Waals surface area (Å²) in [6.45, 7) is 12.9. The molecule has 29 heavy (non-hydrogen) atoms. The molecule has 3 N–H and O–H groups in total. The van der Waals surface area contributed by atoms with E-state index in [0.29, 0.717) is 6.42 Å². The number of carbonyl (C=O) groups excluding carboxylic acids is 1. The molecule has 0 aromatic carbocycles. The Labute approximate surface area is 171 Å². The highest BCUT2D eigenvalue weighted by Gasteiger charge is 2.55. The van der Waals surface area contributed by atoms with Gasteiger partial charge in [0.2, 0.25) is 0 Å². The number of carbonyl (C=O) groups is 1. The number of ether oxygens (including phenoxy) is 3. The van der Waals surface area contributed by atoms with Crippen molar-refractivity contribution < 1.29 is 34.3 Å². The molecule has 3 aliphatic heterocycles. The topological polar surface area (TPSA) is 109 Å². The van der Waals surface area contributed by atoms with Crippen LogP contribution in [0.1, 0.15) is 40.0 Å². The van der Waals surface area contributed by atoms with Crippen molar-refractivity contribution in [2.45, 2.75) is 75.8 Å². The third kappa shape index (κ3) is 4.64. The Morgan fingerprint density at radius 3 is 2.69 bits per heavy atom. The summed E-state index contributed by atoms with van der Waals surface area (Å²) in [5, 5.41) is 31.7. The Bertz CT molecular complexity index is 716. The van der Waals surface area contributed by atoms with E-state index >= 15 is 0 Å². The largest absolute Gasteiger partial charge is 0.457 e. The molecule has 2 bridgehead atoms. The molecule has 7 nitrogen and oxygen atoms in total. The molecule has 0 unspecified atom stereocenters. The number of esters is 1. The van der Waals surface area contributed by atoms with Crippen LogP contribution in [0, 0.1) is 11.8 Å². The predicted molar refractivity (Wildman–Crippen MR) is 106 cm³/mol. The highest BCUT2D eigenvalue weighted by molar-refractivity contribution is 5.71. The summed E-state index contributed by atoms with van der Waals surface area (Å²) in [5.74, 6) is -3.04. The summed E-state index contributed by atoms with van der Waals surface area (Å²) in [6.07, 6.45) is 1.46. The van der Waals surface area contributed by atoms with Crippen molar-refractivity contribution in [3.8, 4) is 0 Å². The quantitative estimate of drug-likeness (QED) is 0.370. The monoisotopic (exact) mass is 408 g/mol. The Kier molecular flexibility index (Phi) is 6.09. The van der Waals surface area contributed by atoms with Gasteiger partial charge in [0.25, 0.3) is 0 Å². The fraction of sp³-hybridized carbons (Fsp3) is 0.682. The lowest BCUT2D eigenvalue weighted by molar-refractivity contribution is -0.271. The van der Waals surface area contributed by atoms with E-state index in [1.165, 1.54) is 6.08 Å². The van der Waals surface area contributed by atoms with Crippen molar-refractivity contribution in [3.05, 3.63) is 36.5 Å². The lowest BCUT2D eigenvalue weighted by Crippen LogP contribution is -2.51. The Morgan fingerprint density at radius 2 is 2.07 bits per heavy atom. The second-order valence-corrected chi connectivity index (χ2v) is 8.82. The van der Waals surface area contributed by atoms with Crippen molar-refractivity contribution in [3.63, 3.8) is 0 Å². The van der Waals surface area contributed by atoms with Gasteiger partial charge in [-0.05, 0) is 19.4 Å². The average Bonchev–Trinajstić information content (AvgIpc) is 3.40. The minimum Gasteiger partial charge on any atom is -0.457 e. The van der Waals surface area contributed by atoms with Crippen LogP contribution in [0.3, 0.4) is 0 Å². The maximum atomic E-state index is 12.7. The Balaban J connectivity index is 1.94. The van der Waals surface area contributed by atoms with Gasteiger partial charge in [0, 0.05) is 18.3 Å². The molecule has 0 aromatic heterocycles. The van der Waals surface area contributed by atoms with Gasteiger partial charge in [0.05, 0.1) is 18.8 Å². The number of cyclic esters (lactones) is 1. The molecule has 0 aromatic rings. The number of epoxide rings is 1. The highest BCUT2D eigenvalue weighted by atomic mass is 16.7. The van der Waals surface area contributed by atoms with E-state index in [2.05, 4.69) is 13.2 Å². The lowest BCUT2D eigenvalue weighted by Gasteiger charge is -2.42. The Hall–Kier alpha value is -1.51. The van der Waals surface area contributed by atoms with Gasteiger partial charge >= 0.3 is 5.97 Å². The van der Waals surface area contributed by atoms with Crippen LogP contribution in [0.4, 0.5) is 0 Å². The third-order valence-corrected chi connectivity index (χ3v) is 6.46. The van der Waals surface area contributed by atoms with E-state index in [1.54, 1.807) is 13.0 Å². The van der Waals surface area contributed by atoms with Crippen LogP contribution in [0.5, 0.6) is 0 Å². The van der Waals surface area contributed by atoms with Crippen molar-refractivity contribution in [1.82, 2.24) is 0 Å². The summed E-state index contributed by atoms with van der Waals surface area (Å²) < 4.78 is 17.2. The maximum absolute atomic E-state index is 12.7. The fourth-order valence-corrected chi connectivity index (χ4v) is 3.98. The maximum Gasteiger partial charge on any atom is 0.311 e. The molecule has 7 heteroatoms. The molecule has 0 aliphatic carbocycles. The van der Waals surface area contributed by atoms with Gasteiger partial charge in [-0.15, -0.1) is 0 Å². The van der Waals surface area contributed by atoms with Crippen molar-refractivity contribution in [1.29, 1.82) is 0 Å². The number of fused-ring (bicyclic) bond motifs is 4. The number of aliphatic hydroxyl groups excluding tert-OH is 1. The lowest BCUT2D eigenvalue weighted by atomic mass is 9.83. The van der Waals surface area contributed by atoms with Gasteiger partial charge in [-0.2, -0.15) is 0 Å². The third-order valence-electron chi connectivity index (χ3n) is 6.46. The zero-order chi connectivity index (χ0) is 21.6. The first kappa shape index (κ1) is 22.2. The SMILES string of the molecule is C=C(C)[C@@H](C)[C@@H]1/C=C/[C@](O)(CO)C[C@@H]2O[C@H]2[C@@H]2CC(=C)[C@@H](C)[C@](O)(CC(=O)O1)O2. The van der Waals surface area contributed by atoms with Gasteiger partial charge in [-0.3, -0.25) is 4.79 Å². The number of hydrogen-bond acceptors (Lipinski definition) is 7. The molecule has 2 fully saturated rings. The van der Waals surface area contributed by atoms with Crippen LogP contribution in [0.2, 0.25) is 0 Å². The molecule has 0 spiro atoms. The van der Waals surface area contributed by atoms with Crippen LogP contribution in [-0.4, -0.2) is 63.7 Å². The van der Waals surface area contributed by atoms with E-state index in [9.17, 15) is 20.1 Å².